The van der Waals surface area contributed by atoms with Gasteiger partial charge in [-0.2, -0.15) is 0 Å². The van der Waals surface area contributed by atoms with Crippen LogP contribution >= 0.6 is 11.6 Å². The summed E-state index contributed by atoms with van der Waals surface area (Å²) in [6, 6.07) is 13.7. The summed E-state index contributed by atoms with van der Waals surface area (Å²) >= 11 is 6.03. The molecule has 1 fully saturated rings. The highest BCUT2D eigenvalue weighted by atomic mass is 35.5. The third-order valence-electron chi connectivity index (χ3n) is 4.68. The van der Waals surface area contributed by atoms with E-state index in [1.54, 1.807) is 40.1 Å². The zero-order valence-electron chi connectivity index (χ0n) is 15.5. The molecule has 1 N–H and O–H groups in total. The van der Waals surface area contributed by atoms with E-state index in [0.717, 1.165) is 0 Å². The number of benzene rings is 2. The molecular weight excluding hydrogens is 380 g/mol. The third kappa shape index (κ3) is 4.95. The number of amides is 2. The predicted molar refractivity (Wildman–Crippen MR) is 107 cm³/mol. The van der Waals surface area contributed by atoms with Gasteiger partial charge in [0, 0.05) is 32.6 Å². The van der Waals surface area contributed by atoms with Crippen LogP contribution in [0.15, 0.2) is 48.5 Å². The highest BCUT2D eigenvalue weighted by molar-refractivity contribution is 6.32. The maximum atomic E-state index is 12.5. The van der Waals surface area contributed by atoms with Crippen molar-refractivity contribution in [3.63, 3.8) is 0 Å². The van der Waals surface area contributed by atoms with Crippen LogP contribution in [0.1, 0.15) is 23.2 Å². The standard InChI is InChI=1S/C21H23ClN2O4/c22-17-7-2-4-9-19(17)28-15-5-10-20(26)23-11-13-24(14-12-23)21(27)16-6-1-3-8-18(16)25/h1-4,6-9,25H,5,10-15H2. The lowest BCUT2D eigenvalue weighted by molar-refractivity contribution is -0.132. The molecule has 6 nitrogen and oxygen atoms in total. The van der Waals surface area contributed by atoms with Gasteiger partial charge in [-0.05, 0) is 30.7 Å². The molecule has 28 heavy (non-hydrogen) atoms. The summed E-state index contributed by atoms with van der Waals surface area (Å²) in [5, 5.41) is 10.4. The molecule has 0 radical (unpaired) electrons. The van der Waals surface area contributed by atoms with Gasteiger partial charge < -0.3 is 19.6 Å². The lowest BCUT2D eigenvalue weighted by Gasteiger charge is -2.35. The zero-order chi connectivity index (χ0) is 19.9. The van der Waals surface area contributed by atoms with Gasteiger partial charge in [0.05, 0.1) is 17.2 Å². The molecule has 3 rings (SSSR count). The Hall–Kier alpha value is -2.73. The molecule has 148 valence electrons. The van der Waals surface area contributed by atoms with E-state index in [4.69, 9.17) is 16.3 Å². The van der Waals surface area contributed by atoms with E-state index in [1.165, 1.54) is 6.07 Å². The van der Waals surface area contributed by atoms with Crippen molar-refractivity contribution in [3.8, 4) is 11.5 Å². The van der Waals surface area contributed by atoms with Crippen LogP contribution in [0.4, 0.5) is 0 Å². The Morgan fingerprint density at radius 1 is 0.964 bits per heavy atom. The van der Waals surface area contributed by atoms with Crippen molar-refractivity contribution in [2.24, 2.45) is 0 Å². The van der Waals surface area contributed by atoms with Gasteiger partial charge in [0.15, 0.2) is 0 Å². The van der Waals surface area contributed by atoms with E-state index < -0.39 is 0 Å². The minimum atomic E-state index is -0.210. The molecule has 2 aromatic rings. The van der Waals surface area contributed by atoms with Crippen LogP contribution in [-0.2, 0) is 4.79 Å². The van der Waals surface area contributed by atoms with Crippen molar-refractivity contribution < 1.29 is 19.4 Å². The van der Waals surface area contributed by atoms with Gasteiger partial charge in [0.25, 0.3) is 5.91 Å². The number of ether oxygens (including phenoxy) is 1. The second-order valence-corrected chi connectivity index (χ2v) is 6.98. The number of nitrogens with zero attached hydrogens (tertiary/aromatic N) is 2. The minimum Gasteiger partial charge on any atom is -0.507 e. The molecular formula is C21H23ClN2O4. The second kappa shape index (κ2) is 9.46. The molecule has 1 aliphatic rings. The van der Waals surface area contributed by atoms with Crippen molar-refractivity contribution in [3.05, 3.63) is 59.1 Å². The smallest absolute Gasteiger partial charge is 0.257 e. The summed E-state index contributed by atoms with van der Waals surface area (Å²) in [7, 11) is 0. The van der Waals surface area contributed by atoms with Gasteiger partial charge in [-0.1, -0.05) is 35.9 Å². The summed E-state index contributed by atoms with van der Waals surface area (Å²) in [6.07, 6.45) is 0.985. The first-order valence-corrected chi connectivity index (χ1v) is 9.66. The van der Waals surface area contributed by atoms with Gasteiger partial charge in [-0.25, -0.2) is 0 Å². The van der Waals surface area contributed by atoms with Crippen molar-refractivity contribution in [2.45, 2.75) is 12.8 Å². The van der Waals surface area contributed by atoms with Crippen molar-refractivity contribution >= 4 is 23.4 Å². The molecule has 1 saturated heterocycles. The van der Waals surface area contributed by atoms with Crippen LogP contribution in [-0.4, -0.2) is 59.5 Å². The largest absolute Gasteiger partial charge is 0.507 e. The molecule has 1 aliphatic heterocycles. The average molecular weight is 403 g/mol. The Bertz CT molecular complexity index is 835. The number of hydrogen-bond donors (Lipinski definition) is 1. The summed E-state index contributed by atoms with van der Waals surface area (Å²) in [4.78, 5) is 28.3. The van der Waals surface area contributed by atoms with Crippen molar-refractivity contribution in [1.82, 2.24) is 9.80 Å². The number of piperazine rings is 1. The number of hydrogen-bond acceptors (Lipinski definition) is 4. The molecule has 0 unspecified atom stereocenters. The fraction of sp³-hybridized carbons (Fsp3) is 0.333. The average Bonchev–Trinajstić information content (AvgIpc) is 2.72. The summed E-state index contributed by atoms with van der Waals surface area (Å²) in [6.45, 7) is 2.30. The normalized spacial score (nSPS) is 14.0. The lowest BCUT2D eigenvalue weighted by Crippen LogP contribution is -2.50. The van der Waals surface area contributed by atoms with Gasteiger partial charge >= 0.3 is 0 Å². The molecule has 0 aliphatic carbocycles. The van der Waals surface area contributed by atoms with Crippen molar-refractivity contribution in [1.29, 1.82) is 0 Å². The first kappa shape index (κ1) is 20.0. The maximum Gasteiger partial charge on any atom is 0.257 e. The number of halogens is 1. The Kier molecular flexibility index (Phi) is 6.76. The number of phenols is 1. The summed E-state index contributed by atoms with van der Waals surface area (Å²) < 4.78 is 5.60. The molecule has 7 heteroatoms. The molecule has 0 atom stereocenters. The molecule has 0 aromatic heterocycles. The highest BCUT2D eigenvalue weighted by Crippen LogP contribution is 2.23. The van der Waals surface area contributed by atoms with Gasteiger partial charge in [0.1, 0.15) is 11.5 Å². The first-order chi connectivity index (χ1) is 13.6. The summed E-state index contributed by atoms with van der Waals surface area (Å²) in [5.74, 6) is 0.438. The fourth-order valence-electron chi connectivity index (χ4n) is 3.11. The van der Waals surface area contributed by atoms with E-state index in [2.05, 4.69) is 0 Å². The van der Waals surface area contributed by atoms with E-state index >= 15 is 0 Å². The molecule has 0 spiro atoms. The summed E-state index contributed by atoms with van der Waals surface area (Å²) in [5.41, 5.74) is 0.291. The number of para-hydroxylation sites is 2. The maximum absolute atomic E-state index is 12.5. The quantitative estimate of drug-likeness (QED) is 0.753. The lowest BCUT2D eigenvalue weighted by atomic mass is 10.1. The van der Waals surface area contributed by atoms with E-state index in [-0.39, 0.29) is 17.6 Å². The third-order valence-corrected chi connectivity index (χ3v) is 5.00. The number of aromatic hydroxyl groups is 1. The number of carbonyl (C=O) groups is 2. The van der Waals surface area contributed by atoms with Crippen LogP contribution in [0.5, 0.6) is 11.5 Å². The van der Waals surface area contributed by atoms with Gasteiger partial charge in [-0.3, -0.25) is 9.59 Å². The van der Waals surface area contributed by atoms with E-state index in [9.17, 15) is 14.7 Å². The Balaban J connectivity index is 1.41. The topological polar surface area (TPSA) is 70.1 Å². The predicted octanol–water partition coefficient (Wildman–Crippen LogP) is 3.19. The number of rotatable bonds is 6. The van der Waals surface area contributed by atoms with Crippen LogP contribution in [0.2, 0.25) is 5.02 Å². The SMILES string of the molecule is O=C(CCCOc1ccccc1Cl)N1CCN(C(=O)c2ccccc2O)CC1. The first-order valence-electron chi connectivity index (χ1n) is 9.28. The van der Waals surface area contributed by atoms with Crippen LogP contribution in [0.25, 0.3) is 0 Å². The molecule has 0 bridgehead atoms. The van der Waals surface area contributed by atoms with Crippen LogP contribution in [0.3, 0.4) is 0 Å². The Morgan fingerprint density at radius 3 is 2.32 bits per heavy atom. The second-order valence-electron chi connectivity index (χ2n) is 6.57. The van der Waals surface area contributed by atoms with E-state index in [1.807, 2.05) is 12.1 Å². The zero-order valence-corrected chi connectivity index (χ0v) is 16.3. The molecule has 1 heterocycles. The number of carbonyl (C=O) groups excluding carboxylic acids is 2. The van der Waals surface area contributed by atoms with Gasteiger partial charge in [-0.15, -0.1) is 0 Å². The van der Waals surface area contributed by atoms with Crippen molar-refractivity contribution in [2.75, 3.05) is 32.8 Å². The fourth-order valence-corrected chi connectivity index (χ4v) is 3.30. The Morgan fingerprint density at radius 2 is 1.61 bits per heavy atom. The minimum absolute atomic E-state index is 0.0236. The number of phenolic OH excluding ortho intramolecular Hbond substituents is 1. The monoisotopic (exact) mass is 402 g/mol. The van der Waals surface area contributed by atoms with Gasteiger partial charge in [0.2, 0.25) is 5.91 Å². The van der Waals surface area contributed by atoms with Crippen LogP contribution < -0.4 is 4.74 Å². The Labute approximate surface area is 169 Å². The van der Waals surface area contributed by atoms with E-state index in [0.29, 0.717) is 62.0 Å². The highest BCUT2D eigenvalue weighted by Gasteiger charge is 2.25. The molecule has 0 saturated carbocycles. The molecule has 2 aromatic carbocycles. The van der Waals surface area contributed by atoms with Crippen LogP contribution in [0, 0.1) is 0 Å². The molecule has 2 amide bonds.